The van der Waals surface area contributed by atoms with E-state index in [1.165, 1.54) is 24.5 Å². The van der Waals surface area contributed by atoms with E-state index in [0.29, 0.717) is 10.9 Å². The fourth-order valence-electron chi connectivity index (χ4n) is 3.31. The topological polar surface area (TPSA) is 15.3 Å². The fraction of sp³-hybridized carbons (Fsp3) is 0.400. The van der Waals surface area contributed by atoms with Crippen molar-refractivity contribution in [3.05, 3.63) is 65.5 Å². The second-order valence-corrected chi connectivity index (χ2v) is 6.93. The Kier molecular flexibility index (Phi) is 6.30. The molecule has 1 aliphatic rings. The molecule has 0 unspecified atom stereocenters. The molecule has 1 N–H and O–H groups in total. The van der Waals surface area contributed by atoms with Crippen molar-refractivity contribution < 1.29 is 4.39 Å². The Labute approximate surface area is 149 Å². The van der Waals surface area contributed by atoms with E-state index in [2.05, 4.69) is 53.2 Å². The summed E-state index contributed by atoms with van der Waals surface area (Å²) in [4.78, 5) is 3.00. The van der Waals surface area contributed by atoms with Gasteiger partial charge in [-0.2, -0.15) is 0 Å². The van der Waals surface area contributed by atoms with Gasteiger partial charge in [0.25, 0.3) is 0 Å². The van der Waals surface area contributed by atoms with Crippen LogP contribution in [0.4, 0.5) is 4.39 Å². The summed E-state index contributed by atoms with van der Waals surface area (Å²) in [7, 11) is 0. The number of piperidine rings is 1. The number of nitrogens with zero attached hydrogens (tertiary/aromatic N) is 1. The number of rotatable bonds is 6. The lowest BCUT2D eigenvalue weighted by molar-refractivity contribution is 0.191. The molecule has 1 heterocycles. The number of halogens is 1. The average molecular weight is 344 g/mol. The minimum atomic E-state index is -0.231. The number of hydrogen-bond donors (Lipinski definition) is 2. The third-order valence-corrected chi connectivity index (χ3v) is 5.24. The van der Waals surface area contributed by atoms with Crippen LogP contribution in [0.3, 0.4) is 0 Å². The van der Waals surface area contributed by atoms with Gasteiger partial charge in [0.2, 0.25) is 0 Å². The van der Waals surface area contributed by atoms with Gasteiger partial charge in [-0.1, -0.05) is 42.5 Å². The van der Waals surface area contributed by atoms with Crippen molar-refractivity contribution in [1.29, 1.82) is 0 Å². The van der Waals surface area contributed by atoms with E-state index in [1.807, 2.05) is 6.07 Å². The van der Waals surface area contributed by atoms with Crippen molar-refractivity contribution in [3.63, 3.8) is 0 Å². The quantitative estimate of drug-likeness (QED) is 0.773. The molecule has 0 spiro atoms. The van der Waals surface area contributed by atoms with Crippen molar-refractivity contribution in [2.75, 3.05) is 19.6 Å². The number of thiol groups is 1. The molecule has 2 aromatic carbocycles. The molecule has 128 valence electrons. The van der Waals surface area contributed by atoms with Crippen LogP contribution >= 0.6 is 12.6 Å². The number of likely N-dealkylation sites (tertiary alicyclic amines) is 1. The lowest BCUT2D eigenvalue weighted by Crippen LogP contribution is -2.42. The molecule has 0 atom stereocenters. The largest absolute Gasteiger partial charge is 0.314 e. The minimum absolute atomic E-state index is 0.231. The normalized spacial score (nSPS) is 16.4. The van der Waals surface area contributed by atoms with Gasteiger partial charge in [-0.25, -0.2) is 4.39 Å². The zero-order valence-electron chi connectivity index (χ0n) is 13.9. The van der Waals surface area contributed by atoms with Crippen LogP contribution in [-0.2, 0) is 13.0 Å². The molecule has 0 aliphatic carbocycles. The maximum atomic E-state index is 13.5. The third-order valence-electron chi connectivity index (χ3n) is 4.73. The van der Waals surface area contributed by atoms with Crippen LogP contribution < -0.4 is 5.32 Å². The molecular formula is C20H25FN2S. The summed E-state index contributed by atoms with van der Waals surface area (Å²) in [6, 6.07) is 16.4. The average Bonchev–Trinajstić information content (AvgIpc) is 2.61. The molecule has 1 aliphatic heterocycles. The van der Waals surface area contributed by atoms with E-state index in [9.17, 15) is 4.39 Å². The Hall–Kier alpha value is -1.36. The molecule has 0 bridgehead atoms. The number of hydrogen-bond acceptors (Lipinski definition) is 3. The standard InChI is InChI=1S/C20H25FN2S/c21-19-8-4-7-17(20(19)24)9-12-22-18-10-13-23(14-11-18)15-16-5-2-1-3-6-16/h1-8,18,22,24H,9-15H2. The Bertz CT molecular complexity index is 639. The predicted molar refractivity (Wildman–Crippen MR) is 100 cm³/mol. The monoisotopic (exact) mass is 344 g/mol. The summed E-state index contributed by atoms with van der Waals surface area (Å²) >= 11 is 4.26. The van der Waals surface area contributed by atoms with E-state index < -0.39 is 0 Å². The molecule has 4 heteroatoms. The van der Waals surface area contributed by atoms with Crippen molar-refractivity contribution in [2.24, 2.45) is 0 Å². The predicted octanol–water partition coefficient (Wildman–Crippen LogP) is 3.91. The van der Waals surface area contributed by atoms with Gasteiger partial charge in [-0.05, 0) is 56.1 Å². The Balaban J connectivity index is 1.39. The molecule has 0 amide bonds. The van der Waals surface area contributed by atoms with Gasteiger partial charge in [-0.3, -0.25) is 4.90 Å². The van der Waals surface area contributed by atoms with Crippen LogP contribution in [0.5, 0.6) is 0 Å². The van der Waals surface area contributed by atoms with Gasteiger partial charge >= 0.3 is 0 Å². The zero-order valence-corrected chi connectivity index (χ0v) is 14.8. The van der Waals surface area contributed by atoms with Gasteiger partial charge in [-0.15, -0.1) is 12.6 Å². The molecule has 0 radical (unpaired) electrons. The zero-order chi connectivity index (χ0) is 16.8. The van der Waals surface area contributed by atoms with E-state index in [4.69, 9.17) is 0 Å². The van der Waals surface area contributed by atoms with Crippen LogP contribution in [0.2, 0.25) is 0 Å². The van der Waals surface area contributed by atoms with Gasteiger partial charge in [0.1, 0.15) is 5.82 Å². The molecular weight excluding hydrogens is 319 g/mol. The Morgan fingerprint density at radius 1 is 1.04 bits per heavy atom. The first-order valence-corrected chi connectivity index (χ1v) is 9.13. The summed E-state index contributed by atoms with van der Waals surface area (Å²) in [5.74, 6) is -0.231. The number of benzene rings is 2. The van der Waals surface area contributed by atoms with E-state index >= 15 is 0 Å². The summed E-state index contributed by atoms with van der Waals surface area (Å²) in [6.07, 6.45) is 3.16. The Morgan fingerprint density at radius 3 is 2.54 bits per heavy atom. The molecule has 24 heavy (non-hydrogen) atoms. The van der Waals surface area contributed by atoms with Gasteiger partial charge in [0, 0.05) is 17.5 Å². The lowest BCUT2D eigenvalue weighted by atomic mass is 10.0. The first-order valence-electron chi connectivity index (χ1n) is 8.68. The van der Waals surface area contributed by atoms with Gasteiger partial charge < -0.3 is 5.32 Å². The number of nitrogens with one attached hydrogen (secondary N) is 1. The second-order valence-electron chi connectivity index (χ2n) is 6.49. The van der Waals surface area contributed by atoms with Crippen molar-refractivity contribution in [3.8, 4) is 0 Å². The highest BCUT2D eigenvalue weighted by Gasteiger charge is 2.18. The van der Waals surface area contributed by atoms with E-state index in [-0.39, 0.29) is 5.82 Å². The summed E-state index contributed by atoms with van der Waals surface area (Å²) in [5.41, 5.74) is 2.36. The minimum Gasteiger partial charge on any atom is -0.314 e. The van der Waals surface area contributed by atoms with Crippen LogP contribution in [-0.4, -0.2) is 30.6 Å². The molecule has 1 fully saturated rings. The molecule has 2 aromatic rings. The fourth-order valence-corrected chi connectivity index (χ4v) is 3.57. The van der Waals surface area contributed by atoms with Crippen LogP contribution in [0.15, 0.2) is 53.4 Å². The third kappa shape index (κ3) is 4.82. The van der Waals surface area contributed by atoms with Crippen LogP contribution in [0, 0.1) is 5.82 Å². The summed E-state index contributed by atoms with van der Waals surface area (Å²) in [6.45, 7) is 4.18. The summed E-state index contributed by atoms with van der Waals surface area (Å²) in [5, 5.41) is 3.62. The van der Waals surface area contributed by atoms with Gasteiger partial charge in [0.05, 0.1) is 0 Å². The maximum Gasteiger partial charge on any atom is 0.136 e. The smallest absolute Gasteiger partial charge is 0.136 e. The summed E-state index contributed by atoms with van der Waals surface area (Å²) < 4.78 is 13.5. The highest BCUT2D eigenvalue weighted by Crippen LogP contribution is 2.18. The molecule has 0 aromatic heterocycles. The van der Waals surface area contributed by atoms with Crippen molar-refractivity contribution in [2.45, 2.75) is 36.7 Å². The lowest BCUT2D eigenvalue weighted by Gasteiger charge is -2.32. The van der Waals surface area contributed by atoms with Crippen LogP contribution in [0.1, 0.15) is 24.0 Å². The highest BCUT2D eigenvalue weighted by molar-refractivity contribution is 7.80. The molecule has 3 rings (SSSR count). The van der Waals surface area contributed by atoms with Gasteiger partial charge in [0.15, 0.2) is 0 Å². The SMILES string of the molecule is Fc1cccc(CCNC2CCN(Cc3ccccc3)CC2)c1S. The Morgan fingerprint density at radius 2 is 1.79 bits per heavy atom. The molecule has 1 saturated heterocycles. The first-order chi connectivity index (χ1) is 11.7. The molecule has 0 saturated carbocycles. The van der Waals surface area contributed by atoms with E-state index in [0.717, 1.165) is 38.2 Å². The maximum absolute atomic E-state index is 13.5. The van der Waals surface area contributed by atoms with Crippen LogP contribution in [0.25, 0.3) is 0 Å². The van der Waals surface area contributed by atoms with Crippen molar-refractivity contribution >= 4 is 12.6 Å². The molecule has 2 nitrogen and oxygen atoms in total. The van der Waals surface area contributed by atoms with E-state index in [1.54, 1.807) is 6.07 Å². The first kappa shape index (κ1) is 17.5. The highest BCUT2D eigenvalue weighted by atomic mass is 32.1. The van der Waals surface area contributed by atoms with Crippen molar-refractivity contribution in [1.82, 2.24) is 10.2 Å². The second kappa shape index (κ2) is 8.65.